The molecule has 0 bridgehead atoms. The van der Waals surface area contributed by atoms with E-state index in [2.05, 4.69) is 6.92 Å². The van der Waals surface area contributed by atoms with Crippen LogP contribution >= 0.6 is 0 Å². The highest BCUT2D eigenvalue weighted by molar-refractivity contribution is 5.23. The molecule has 0 N–H and O–H groups in total. The number of ether oxygens (including phenoxy) is 2. The van der Waals surface area contributed by atoms with Crippen molar-refractivity contribution in [3.05, 3.63) is 67.6 Å². The van der Waals surface area contributed by atoms with Gasteiger partial charge in [-0.15, -0.1) is 0 Å². The third-order valence-electron chi connectivity index (χ3n) is 2.02. The van der Waals surface area contributed by atoms with Crippen LogP contribution in [0.15, 0.2) is 60.7 Å². The standard InChI is InChI=1S/C14H13O2/c1-12(15-13-8-4-2-5-9-13)16-14-10-6-3-7-11-14/h2-12H,1H2. The van der Waals surface area contributed by atoms with Crippen LogP contribution in [-0.2, 0) is 0 Å². The molecule has 0 aromatic heterocycles. The van der Waals surface area contributed by atoms with Crippen molar-refractivity contribution in [2.45, 2.75) is 6.29 Å². The fourth-order valence-electron chi connectivity index (χ4n) is 1.33. The van der Waals surface area contributed by atoms with E-state index in [1.54, 1.807) is 0 Å². The van der Waals surface area contributed by atoms with Gasteiger partial charge in [0.25, 0.3) is 0 Å². The second-order valence-corrected chi connectivity index (χ2v) is 3.29. The summed E-state index contributed by atoms with van der Waals surface area (Å²) >= 11 is 0. The molecule has 2 nitrogen and oxygen atoms in total. The van der Waals surface area contributed by atoms with Crippen molar-refractivity contribution in [2.24, 2.45) is 0 Å². The molecule has 0 spiro atoms. The summed E-state index contributed by atoms with van der Waals surface area (Å²) < 4.78 is 11.0. The van der Waals surface area contributed by atoms with Gasteiger partial charge >= 0.3 is 0 Å². The van der Waals surface area contributed by atoms with Crippen LogP contribution in [0.25, 0.3) is 0 Å². The Kier molecular flexibility index (Phi) is 3.44. The summed E-state index contributed by atoms with van der Waals surface area (Å²) in [5, 5.41) is 0. The van der Waals surface area contributed by atoms with Gasteiger partial charge in [-0.25, -0.2) is 0 Å². The maximum absolute atomic E-state index is 5.48. The lowest BCUT2D eigenvalue weighted by molar-refractivity contribution is 0.0448. The monoisotopic (exact) mass is 213 g/mol. The Morgan fingerprint density at radius 3 is 1.44 bits per heavy atom. The minimum Gasteiger partial charge on any atom is -0.455 e. The number of rotatable bonds is 4. The Balaban J connectivity index is 1.92. The topological polar surface area (TPSA) is 18.5 Å². The highest BCUT2D eigenvalue weighted by atomic mass is 16.7. The van der Waals surface area contributed by atoms with Crippen molar-refractivity contribution in [1.82, 2.24) is 0 Å². The Hall–Kier alpha value is -1.96. The Morgan fingerprint density at radius 2 is 1.06 bits per heavy atom. The number of hydrogen-bond donors (Lipinski definition) is 0. The Bertz CT molecular complexity index is 370. The van der Waals surface area contributed by atoms with Gasteiger partial charge in [-0.3, -0.25) is 0 Å². The molecule has 0 fully saturated rings. The van der Waals surface area contributed by atoms with Crippen LogP contribution in [0.2, 0.25) is 0 Å². The first kappa shape index (κ1) is 10.6. The minimum atomic E-state index is -0.551. The van der Waals surface area contributed by atoms with Crippen molar-refractivity contribution in [3.8, 4) is 11.5 Å². The number of hydrogen-bond acceptors (Lipinski definition) is 2. The fraction of sp³-hybridized carbons (Fsp3) is 0.0714. The summed E-state index contributed by atoms with van der Waals surface area (Å²) in [4.78, 5) is 0. The molecule has 1 radical (unpaired) electrons. The van der Waals surface area contributed by atoms with Crippen LogP contribution < -0.4 is 9.47 Å². The van der Waals surface area contributed by atoms with Crippen LogP contribution in [-0.4, -0.2) is 6.29 Å². The molecule has 0 saturated carbocycles. The predicted octanol–water partition coefficient (Wildman–Crippen LogP) is 3.30. The van der Waals surface area contributed by atoms with Gasteiger partial charge in [-0.05, 0) is 24.3 Å². The molecule has 16 heavy (non-hydrogen) atoms. The third kappa shape index (κ3) is 3.02. The van der Waals surface area contributed by atoms with Gasteiger partial charge in [0.05, 0.1) is 0 Å². The summed E-state index contributed by atoms with van der Waals surface area (Å²) in [5.41, 5.74) is 0. The lowest BCUT2D eigenvalue weighted by atomic mass is 10.3. The van der Waals surface area contributed by atoms with Crippen LogP contribution in [0.5, 0.6) is 11.5 Å². The molecule has 81 valence electrons. The first-order valence-electron chi connectivity index (χ1n) is 5.11. The summed E-state index contributed by atoms with van der Waals surface area (Å²) in [6.45, 7) is 3.78. The number of benzene rings is 2. The lowest BCUT2D eigenvalue weighted by Crippen LogP contribution is -2.19. The van der Waals surface area contributed by atoms with Gasteiger partial charge in [0, 0.05) is 6.92 Å². The lowest BCUT2D eigenvalue weighted by Gasteiger charge is -2.16. The molecule has 0 amide bonds. The summed E-state index contributed by atoms with van der Waals surface area (Å²) in [6.07, 6.45) is -0.551. The molecule has 2 aromatic rings. The predicted molar refractivity (Wildman–Crippen MR) is 63.3 cm³/mol. The van der Waals surface area contributed by atoms with E-state index in [-0.39, 0.29) is 0 Å². The van der Waals surface area contributed by atoms with Gasteiger partial charge in [-0.1, -0.05) is 36.4 Å². The largest absolute Gasteiger partial charge is 0.455 e. The smallest absolute Gasteiger partial charge is 0.241 e. The summed E-state index contributed by atoms with van der Waals surface area (Å²) in [6, 6.07) is 19.0. The third-order valence-corrected chi connectivity index (χ3v) is 2.02. The van der Waals surface area contributed by atoms with Crippen molar-refractivity contribution in [2.75, 3.05) is 0 Å². The highest BCUT2D eigenvalue weighted by Gasteiger charge is 2.04. The van der Waals surface area contributed by atoms with E-state index in [0.29, 0.717) is 0 Å². The van der Waals surface area contributed by atoms with E-state index in [9.17, 15) is 0 Å². The molecule has 0 aliphatic heterocycles. The van der Waals surface area contributed by atoms with Gasteiger partial charge in [-0.2, -0.15) is 0 Å². The Labute approximate surface area is 95.4 Å². The number of para-hydroxylation sites is 2. The first-order chi connectivity index (χ1) is 7.84. The molecule has 2 aromatic carbocycles. The normalized spacial score (nSPS) is 10.1. The maximum atomic E-state index is 5.48. The van der Waals surface area contributed by atoms with Crippen molar-refractivity contribution in [3.63, 3.8) is 0 Å². The molecule has 0 aliphatic rings. The van der Waals surface area contributed by atoms with E-state index in [0.717, 1.165) is 11.5 Å². The van der Waals surface area contributed by atoms with Gasteiger partial charge in [0.2, 0.25) is 6.29 Å². The summed E-state index contributed by atoms with van der Waals surface area (Å²) in [5.74, 6) is 1.50. The second-order valence-electron chi connectivity index (χ2n) is 3.29. The van der Waals surface area contributed by atoms with Crippen LogP contribution in [0.4, 0.5) is 0 Å². The molecule has 0 saturated heterocycles. The zero-order chi connectivity index (χ0) is 11.2. The molecule has 2 heteroatoms. The molecule has 0 heterocycles. The van der Waals surface area contributed by atoms with E-state index in [4.69, 9.17) is 9.47 Å². The summed E-state index contributed by atoms with van der Waals surface area (Å²) in [7, 11) is 0. The zero-order valence-electron chi connectivity index (χ0n) is 8.87. The minimum absolute atomic E-state index is 0.551. The van der Waals surface area contributed by atoms with E-state index < -0.39 is 6.29 Å². The average molecular weight is 213 g/mol. The van der Waals surface area contributed by atoms with Crippen molar-refractivity contribution >= 4 is 0 Å². The van der Waals surface area contributed by atoms with Crippen LogP contribution in [0, 0.1) is 6.92 Å². The van der Waals surface area contributed by atoms with Gasteiger partial charge in [0.15, 0.2) is 0 Å². The maximum Gasteiger partial charge on any atom is 0.241 e. The molecular formula is C14H13O2. The van der Waals surface area contributed by atoms with Crippen LogP contribution in [0.3, 0.4) is 0 Å². The van der Waals surface area contributed by atoms with Gasteiger partial charge < -0.3 is 9.47 Å². The van der Waals surface area contributed by atoms with Crippen molar-refractivity contribution < 1.29 is 9.47 Å². The highest BCUT2D eigenvalue weighted by Crippen LogP contribution is 2.14. The molecular weight excluding hydrogens is 200 g/mol. The molecule has 0 atom stereocenters. The van der Waals surface area contributed by atoms with Gasteiger partial charge in [0.1, 0.15) is 11.5 Å². The van der Waals surface area contributed by atoms with E-state index >= 15 is 0 Å². The first-order valence-corrected chi connectivity index (χ1v) is 5.11. The fourth-order valence-corrected chi connectivity index (χ4v) is 1.33. The zero-order valence-corrected chi connectivity index (χ0v) is 8.87. The average Bonchev–Trinajstić information content (AvgIpc) is 2.31. The van der Waals surface area contributed by atoms with Crippen LogP contribution in [0.1, 0.15) is 0 Å². The van der Waals surface area contributed by atoms with Crippen molar-refractivity contribution in [1.29, 1.82) is 0 Å². The molecule has 2 rings (SSSR count). The van der Waals surface area contributed by atoms with E-state index in [1.165, 1.54) is 0 Å². The molecule has 0 aliphatic carbocycles. The Morgan fingerprint density at radius 1 is 0.688 bits per heavy atom. The molecule has 0 unspecified atom stereocenters. The second kappa shape index (κ2) is 5.21. The SMILES string of the molecule is [CH2]C(Oc1ccccc1)Oc1ccccc1. The quantitative estimate of drug-likeness (QED) is 0.725. The van der Waals surface area contributed by atoms with E-state index in [1.807, 2.05) is 60.7 Å².